The van der Waals surface area contributed by atoms with E-state index in [4.69, 9.17) is 0 Å². The van der Waals surface area contributed by atoms with Gasteiger partial charge in [0.25, 0.3) is 0 Å². The van der Waals surface area contributed by atoms with Crippen LogP contribution in [0.3, 0.4) is 0 Å². The van der Waals surface area contributed by atoms with Crippen LogP contribution >= 0.6 is 0 Å². The molecule has 1 aromatic rings. The third kappa shape index (κ3) is 2.87. The summed E-state index contributed by atoms with van der Waals surface area (Å²) in [6.07, 6.45) is 0.300. The van der Waals surface area contributed by atoms with Crippen LogP contribution in [0.4, 0.5) is 26.3 Å². The van der Waals surface area contributed by atoms with Gasteiger partial charge >= 0.3 is 0 Å². The van der Waals surface area contributed by atoms with Crippen LogP contribution in [0.1, 0.15) is 6.92 Å². The molecule has 0 saturated heterocycles. The minimum absolute atomic E-state index is 0.280. The first-order chi connectivity index (χ1) is 10.2. The highest BCUT2D eigenvalue weighted by atomic mass is 19.2. The molecule has 1 aliphatic rings. The van der Waals surface area contributed by atoms with E-state index in [1.165, 1.54) is 0 Å². The van der Waals surface area contributed by atoms with Gasteiger partial charge in [-0.2, -0.15) is 0 Å². The van der Waals surface area contributed by atoms with E-state index in [2.05, 4.69) is 4.74 Å². The fourth-order valence-corrected chi connectivity index (χ4v) is 2.22. The van der Waals surface area contributed by atoms with Gasteiger partial charge < -0.3 is 4.74 Å². The van der Waals surface area contributed by atoms with Gasteiger partial charge in [0.05, 0.1) is 7.11 Å². The number of rotatable bonds is 3. The molecule has 0 bridgehead atoms. The van der Waals surface area contributed by atoms with E-state index < -0.39 is 47.9 Å². The summed E-state index contributed by atoms with van der Waals surface area (Å²) < 4.78 is 86.4. The number of hydrogen-bond acceptors (Lipinski definition) is 1. The molecule has 0 radical (unpaired) electrons. The van der Waals surface area contributed by atoms with E-state index in [0.29, 0.717) is 19.1 Å². The fourth-order valence-electron chi connectivity index (χ4n) is 2.22. The van der Waals surface area contributed by atoms with Crippen LogP contribution in [0, 0.1) is 11.6 Å². The Morgan fingerprint density at radius 2 is 1.73 bits per heavy atom. The van der Waals surface area contributed by atoms with Gasteiger partial charge in [-0.05, 0) is 24.5 Å². The second kappa shape index (κ2) is 5.74. The molecule has 8 heteroatoms. The molecule has 2 rings (SSSR count). The second-order valence-corrected chi connectivity index (χ2v) is 5.10. The Labute approximate surface area is 123 Å². The first-order valence-corrected chi connectivity index (χ1v) is 6.32. The number of halogens is 6. The Hall–Kier alpha value is -1.86. The number of ether oxygens (including phenoxy) is 1. The van der Waals surface area contributed by atoms with Gasteiger partial charge in [-0.1, -0.05) is 0 Å². The Morgan fingerprint density at radius 1 is 1.09 bits per heavy atom. The third-order valence-corrected chi connectivity index (χ3v) is 3.43. The van der Waals surface area contributed by atoms with Crippen molar-refractivity contribution in [3.05, 3.63) is 47.3 Å². The molecular formula is C14H11BF6O. The first-order valence-electron chi connectivity index (χ1n) is 6.32. The maximum Gasteiger partial charge on any atom is 0.182 e. The van der Waals surface area contributed by atoms with Gasteiger partial charge in [-0.3, -0.25) is 0 Å². The highest BCUT2D eigenvalue weighted by Gasteiger charge is 2.41. The molecule has 0 heterocycles. The standard InChI is InChI=1S/C14H11BF6O/c1-14(21)5-9(18)11(12(19)13(14)20)15-6-3-10(22-2)8(17)4-7(6)16/h3-5,11,15H,1-2H3. The van der Waals surface area contributed by atoms with E-state index in [1.54, 1.807) is 0 Å². The molecule has 2 unspecified atom stereocenters. The summed E-state index contributed by atoms with van der Waals surface area (Å²) in [5.41, 5.74) is -3.17. The van der Waals surface area contributed by atoms with Crippen molar-refractivity contribution in [3.8, 4) is 5.75 Å². The molecule has 1 aromatic carbocycles. The summed E-state index contributed by atoms with van der Waals surface area (Å²) in [7, 11) is 0.496. The molecule has 2 atom stereocenters. The van der Waals surface area contributed by atoms with Gasteiger partial charge in [0, 0.05) is 11.9 Å². The van der Waals surface area contributed by atoms with Crippen molar-refractivity contribution in [2.45, 2.75) is 18.4 Å². The second-order valence-electron chi connectivity index (χ2n) is 5.10. The Balaban J connectivity index is 2.39. The van der Waals surface area contributed by atoms with Crippen LogP contribution in [0.5, 0.6) is 5.75 Å². The monoisotopic (exact) mass is 320 g/mol. The lowest BCUT2D eigenvalue weighted by Crippen LogP contribution is -2.30. The predicted molar refractivity (Wildman–Crippen MR) is 71.4 cm³/mol. The summed E-state index contributed by atoms with van der Waals surface area (Å²) in [5.74, 6) is -8.83. The molecule has 1 aliphatic carbocycles. The van der Waals surface area contributed by atoms with E-state index in [0.717, 1.165) is 13.2 Å². The largest absolute Gasteiger partial charge is 0.494 e. The zero-order valence-electron chi connectivity index (χ0n) is 11.7. The topological polar surface area (TPSA) is 9.23 Å². The lowest BCUT2D eigenvalue weighted by molar-refractivity contribution is 0.233. The predicted octanol–water partition coefficient (Wildman–Crippen LogP) is 3.57. The number of allylic oxidation sites excluding steroid dienone is 4. The molecule has 0 amide bonds. The zero-order valence-corrected chi connectivity index (χ0v) is 11.7. The van der Waals surface area contributed by atoms with E-state index in [-0.39, 0.29) is 11.2 Å². The molecule has 0 spiro atoms. The minimum atomic E-state index is -2.89. The summed E-state index contributed by atoms with van der Waals surface area (Å²) in [6, 6.07) is 1.42. The molecule has 0 aromatic heterocycles. The summed E-state index contributed by atoms with van der Waals surface area (Å²) >= 11 is 0. The van der Waals surface area contributed by atoms with Crippen LogP contribution in [-0.2, 0) is 0 Å². The maximum atomic E-state index is 13.8. The average molecular weight is 320 g/mol. The SMILES string of the molecule is COc1cc(BC2C(F)=CC(C)(F)C(F)=C2F)c(F)cc1F. The van der Waals surface area contributed by atoms with Crippen molar-refractivity contribution in [1.29, 1.82) is 0 Å². The van der Waals surface area contributed by atoms with Gasteiger partial charge in [0.1, 0.15) is 17.5 Å². The van der Waals surface area contributed by atoms with Crippen LogP contribution in [0.25, 0.3) is 0 Å². The van der Waals surface area contributed by atoms with E-state index >= 15 is 0 Å². The Kier molecular flexibility index (Phi) is 4.31. The molecule has 0 fully saturated rings. The van der Waals surface area contributed by atoms with Gasteiger partial charge in [-0.15, -0.1) is 0 Å². The minimum Gasteiger partial charge on any atom is -0.494 e. The number of hydrogen-bond donors (Lipinski definition) is 0. The number of benzene rings is 1. The van der Waals surface area contributed by atoms with Crippen molar-refractivity contribution < 1.29 is 31.1 Å². The Bertz CT molecular complexity index is 668. The first kappa shape index (κ1) is 16.5. The van der Waals surface area contributed by atoms with Crippen molar-refractivity contribution in [2.75, 3.05) is 7.11 Å². The molecule has 1 nitrogen and oxygen atoms in total. The quantitative estimate of drug-likeness (QED) is 0.611. The molecule has 22 heavy (non-hydrogen) atoms. The summed E-state index contributed by atoms with van der Waals surface area (Å²) in [6.45, 7) is 0.666. The van der Waals surface area contributed by atoms with Crippen LogP contribution in [0.15, 0.2) is 35.7 Å². The van der Waals surface area contributed by atoms with Crippen molar-refractivity contribution in [3.63, 3.8) is 0 Å². The van der Waals surface area contributed by atoms with Gasteiger partial charge in [-0.25, -0.2) is 26.3 Å². The Morgan fingerprint density at radius 3 is 2.32 bits per heavy atom. The van der Waals surface area contributed by atoms with Crippen LogP contribution in [-0.4, -0.2) is 20.1 Å². The van der Waals surface area contributed by atoms with Crippen LogP contribution in [0.2, 0.25) is 5.82 Å². The number of alkyl halides is 1. The van der Waals surface area contributed by atoms with Gasteiger partial charge in [0.15, 0.2) is 30.3 Å². The fraction of sp³-hybridized carbons (Fsp3) is 0.286. The molecule has 0 N–H and O–H groups in total. The molecule has 0 saturated carbocycles. The smallest absolute Gasteiger partial charge is 0.182 e. The van der Waals surface area contributed by atoms with E-state index in [9.17, 15) is 26.3 Å². The van der Waals surface area contributed by atoms with Crippen molar-refractivity contribution in [1.82, 2.24) is 0 Å². The highest BCUT2D eigenvalue weighted by molar-refractivity contribution is 6.56. The summed E-state index contributed by atoms with van der Waals surface area (Å²) in [5, 5.41) is 0. The lowest BCUT2D eigenvalue weighted by Gasteiger charge is -2.25. The van der Waals surface area contributed by atoms with Gasteiger partial charge in [0.2, 0.25) is 0 Å². The van der Waals surface area contributed by atoms with E-state index in [1.807, 2.05) is 0 Å². The zero-order chi connectivity index (χ0) is 16.7. The lowest BCUT2D eigenvalue weighted by atomic mass is 9.56. The normalized spacial score (nSPS) is 25.1. The molecular weight excluding hydrogens is 309 g/mol. The van der Waals surface area contributed by atoms with Crippen molar-refractivity contribution >= 4 is 12.7 Å². The third-order valence-electron chi connectivity index (χ3n) is 3.43. The molecule has 118 valence electrons. The number of methoxy groups -OCH3 is 1. The van der Waals surface area contributed by atoms with Crippen molar-refractivity contribution in [2.24, 2.45) is 0 Å². The molecule has 0 aliphatic heterocycles. The van der Waals surface area contributed by atoms with Crippen LogP contribution < -0.4 is 10.2 Å². The average Bonchev–Trinajstić information content (AvgIpc) is 2.43. The summed E-state index contributed by atoms with van der Waals surface area (Å²) in [4.78, 5) is 0. The highest BCUT2D eigenvalue weighted by Crippen LogP contribution is 2.43. The maximum absolute atomic E-state index is 13.8.